The van der Waals surface area contributed by atoms with Gasteiger partial charge < -0.3 is 0 Å². The predicted molar refractivity (Wildman–Crippen MR) is 176 cm³/mol. The fraction of sp³-hybridized carbons (Fsp3) is 0.405. The summed E-state index contributed by atoms with van der Waals surface area (Å²) in [5, 5.41) is 4.41. The summed E-state index contributed by atoms with van der Waals surface area (Å²) in [4.78, 5) is 0. The van der Waals surface area contributed by atoms with Crippen molar-refractivity contribution in [3.63, 3.8) is 0 Å². The first-order chi connectivity index (χ1) is 19.3. The number of hydrogen-bond donors (Lipinski definition) is 0. The maximum atomic E-state index is 2.64. The summed E-state index contributed by atoms with van der Waals surface area (Å²) in [7, 11) is -0.620. The molecule has 2 fully saturated rings. The molecule has 0 spiro atoms. The first-order valence-electron chi connectivity index (χ1n) is 15.5. The fourth-order valence-corrected chi connectivity index (χ4v) is 14.4. The van der Waals surface area contributed by atoms with Crippen LogP contribution in [0.25, 0.3) is 5.57 Å². The number of hydrogen-bond acceptors (Lipinski definition) is 0. The zero-order valence-corrected chi connectivity index (χ0v) is 25.4. The summed E-state index contributed by atoms with van der Waals surface area (Å²) in [6.07, 6.45) is 20.8. The largest absolute Gasteiger partial charge is 0.0929 e. The standard InChI is InChI=1S/C37H44P2/c1-29(38(30-17-6-2-7-18-30)31-19-8-3-9-20-31)34-26-16-27-35(34)36-25-14-15-28-37(36)39(32-21-10-4-11-22-32)33-23-12-5-13-24-33/h4-5,10-16,21-26,28-31H,2-3,6-9,17-20,27H2,1H3/t29-/m1/s1. The van der Waals surface area contributed by atoms with Gasteiger partial charge >= 0.3 is 0 Å². The number of rotatable bonds is 8. The SMILES string of the molecule is C[C@H](C1=C(c2ccccc2P(c2ccccc2)c2ccccc2)CC=C1)P(C1CCCCC1)C1CCCCC1. The van der Waals surface area contributed by atoms with E-state index >= 15 is 0 Å². The van der Waals surface area contributed by atoms with E-state index in [-0.39, 0.29) is 7.92 Å². The first-order valence-corrected chi connectivity index (χ1v) is 18.4. The minimum Gasteiger partial charge on any atom is -0.0929 e. The van der Waals surface area contributed by atoms with Gasteiger partial charge in [-0.2, -0.15) is 0 Å². The van der Waals surface area contributed by atoms with Crippen LogP contribution in [0, 0.1) is 0 Å². The lowest BCUT2D eigenvalue weighted by Gasteiger charge is -2.42. The van der Waals surface area contributed by atoms with Gasteiger partial charge in [0.05, 0.1) is 0 Å². The Bertz CT molecular complexity index is 1210. The molecule has 0 saturated heterocycles. The van der Waals surface area contributed by atoms with Gasteiger partial charge in [0.2, 0.25) is 0 Å². The lowest BCUT2D eigenvalue weighted by atomic mass is 9.99. The van der Waals surface area contributed by atoms with Crippen LogP contribution in [0.15, 0.2) is 103 Å². The average molecular weight is 551 g/mol. The molecule has 0 heterocycles. The molecule has 0 bridgehead atoms. The summed E-state index contributed by atoms with van der Waals surface area (Å²) < 4.78 is 0. The average Bonchev–Trinajstić information content (AvgIpc) is 3.50. The van der Waals surface area contributed by atoms with Crippen LogP contribution in [0.1, 0.15) is 83.1 Å². The number of benzene rings is 3. The first kappa shape index (κ1) is 27.2. The Hall–Kier alpha value is -2.00. The topological polar surface area (TPSA) is 0 Å². The van der Waals surface area contributed by atoms with Crippen LogP contribution < -0.4 is 15.9 Å². The van der Waals surface area contributed by atoms with Gasteiger partial charge in [0.25, 0.3) is 0 Å². The van der Waals surface area contributed by atoms with Crippen molar-refractivity contribution in [3.8, 4) is 0 Å². The molecule has 3 aliphatic carbocycles. The smallest absolute Gasteiger partial charge is 0.00213 e. The van der Waals surface area contributed by atoms with Crippen LogP contribution in [0.4, 0.5) is 0 Å². The highest BCUT2D eigenvalue weighted by atomic mass is 31.1. The molecule has 0 amide bonds. The molecular formula is C37H44P2. The molecule has 0 nitrogen and oxygen atoms in total. The summed E-state index contributed by atoms with van der Waals surface area (Å²) in [6, 6.07) is 31.9. The van der Waals surface area contributed by atoms with E-state index in [9.17, 15) is 0 Å². The van der Waals surface area contributed by atoms with E-state index < -0.39 is 7.92 Å². The minimum absolute atomic E-state index is 0.00266. The van der Waals surface area contributed by atoms with Crippen LogP contribution in [-0.2, 0) is 0 Å². The van der Waals surface area contributed by atoms with Crippen molar-refractivity contribution in [3.05, 3.63) is 108 Å². The van der Waals surface area contributed by atoms with Crippen LogP contribution in [0.5, 0.6) is 0 Å². The molecule has 6 rings (SSSR count). The van der Waals surface area contributed by atoms with E-state index in [0.717, 1.165) is 17.7 Å². The van der Waals surface area contributed by atoms with Gasteiger partial charge in [0.1, 0.15) is 0 Å². The van der Waals surface area contributed by atoms with Crippen LogP contribution in [-0.4, -0.2) is 17.0 Å². The lowest BCUT2D eigenvalue weighted by Crippen LogP contribution is -2.27. The highest BCUT2D eigenvalue weighted by Crippen LogP contribution is 2.61. The molecule has 0 radical (unpaired) electrons. The van der Waals surface area contributed by atoms with Gasteiger partial charge in [-0.1, -0.05) is 150 Å². The van der Waals surface area contributed by atoms with E-state index in [1.54, 1.807) is 11.1 Å². The van der Waals surface area contributed by atoms with Gasteiger partial charge in [-0.3, -0.25) is 0 Å². The normalized spacial score (nSPS) is 19.8. The van der Waals surface area contributed by atoms with Crippen LogP contribution in [0.3, 0.4) is 0 Å². The van der Waals surface area contributed by atoms with Crippen molar-refractivity contribution in [2.45, 2.75) is 94.5 Å². The van der Waals surface area contributed by atoms with Crippen LogP contribution in [0.2, 0.25) is 0 Å². The molecule has 202 valence electrons. The van der Waals surface area contributed by atoms with Crippen molar-refractivity contribution in [2.24, 2.45) is 0 Å². The van der Waals surface area contributed by atoms with E-state index in [4.69, 9.17) is 0 Å². The van der Waals surface area contributed by atoms with Gasteiger partial charge in [0.15, 0.2) is 0 Å². The Morgan fingerprint density at radius 2 is 1.13 bits per heavy atom. The van der Waals surface area contributed by atoms with Crippen LogP contribution >= 0.6 is 15.8 Å². The molecule has 2 saturated carbocycles. The molecule has 0 aromatic heterocycles. The highest BCUT2D eigenvalue weighted by molar-refractivity contribution is 7.80. The molecule has 0 unspecified atom stereocenters. The zero-order valence-electron chi connectivity index (χ0n) is 23.6. The monoisotopic (exact) mass is 550 g/mol. The second-order valence-corrected chi connectivity index (χ2v) is 17.1. The third-order valence-corrected chi connectivity index (χ3v) is 15.7. The lowest BCUT2D eigenvalue weighted by molar-refractivity contribution is 0.482. The molecule has 3 aromatic carbocycles. The quantitative estimate of drug-likeness (QED) is 0.245. The second kappa shape index (κ2) is 13.1. The Morgan fingerprint density at radius 3 is 1.69 bits per heavy atom. The summed E-state index contributed by atoms with van der Waals surface area (Å²) >= 11 is 0. The van der Waals surface area contributed by atoms with Gasteiger partial charge in [0, 0.05) is 5.66 Å². The third-order valence-electron chi connectivity index (χ3n) is 9.36. The maximum absolute atomic E-state index is 2.64. The molecule has 1 atom stereocenters. The predicted octanol–water partition coefficient (Wildman–Crippen LogP) is 9.69. The van der Waals surface area contributed by atoms with Crippen molar-refractivity contribution in [1.82, 2.24) is 0 Å². The fourth-order valence-electron chi connectivity index (χ4n) is 7.53. The van der Waals surface area contributed by atoms with Gasteiger partial charge in [-0.05, 0) is 84.0 Å². The molecule has 0 N–H and O–H groups in total. The summed E-state index contributed by atoms with van der Waals surface area (Å²) in [5.41, 5.74) is 7.47. The van der Waals surface area contributed by atoms with E-state index in [2.05, 4.69) is 104 Å². The van der Waals surface area contributed by atoms with Crippen molar-refractivity contribution < 1.29 is 0 Å². The highest BCUT2D eigenvalue weighted by Gasteiger charge is 2.37. The Kier molecular flexibility index (Phi) is 9.14. The van der Waals surface area contributed by atoms with E-state index in [1.165, 1.54) is 85.7 Å². The molecule has 39 heavy (non-hydrogen) atoms. The molecule has 3 aliphatic rings. The maximum Gasteiger partial charge on any atom is 0.00213 e. The Balaban J connectivity index is 1.43. The van der Waals surface area contributed by atoms with Crippen molar-refractivity contribution in [1.29, 1.82) is 0 Å². The molecule has 2 heteroatoms. The molecular weight excluding hydrogens is 506 g/mol. The van der Waals surface area contributed by atoms with Crippen molar-refractivity contribution >= 4 is 37.3 Å². The minimum atomic E-state index is -0.617. The van der Waals surface area contributed by atoms with E-state index in [1.807, 2.05) is 0 Å². The summed E-state index contributed by atoms with van der Waals surface area (Å²) in [6.45, 7) is 2.64. The Morgan fingerprint density at radius 1 is 0.615 bits per heavy atom. The second-order valence-electron chi connectivity index (χ2n) is 11.8. The van der Waals surface area contributed by atoms with Gasteiger partial charge in [-0.25, -0.2) is 0 Å². The van der Waals surface area contributed by atoms with Gasteiger partial charge in [-0.15, -0.1) is 0 Å². The number of allylic oxidation sites excluding steroid dienone is 4. The molecule has 3 aromatic rings. The van der Waals surface area contributed by atoms with E-state index in [0.29, 0.717) is 5.66 Å². The summed E-state index contributed by atoms with van der Waals surface area (Å²) in [5.74, 6) is 0. The zero-order chi connectivity index (χ0) is 26.4. The molecule has 0 aliphatic heterocycles. The third kappa shape index (κ3) is 6.04. The van der Waals surface area contributed by atoms with Crippen molar-refractivity contribution in [2.75, 3.05) is 0 Å². The Labute approximate surface area is 239 Å².